The van der Waals surface area contributed by atoms with Crippen molar-refractivity contribution in [2.45, 2.75) is 46.1 Å². The van der Waals surface area contributed by atoms with Gasteiger partial charge in [-0.15, -0.1) is 0 Å². The van der Waals surface area contributed by atoms with Gasteiger partial charge in [0.25, 0.3) is 0 Å². The third-order valence-corrected chi connectivity index (χ3v) is 4.44. The highest BCUT2D eigenvalue weighted by Crippen LogP contribution is 2.27. The lowest BCUT2D eigenvalue weighted by molar-refractivity contribution is 0.281. The van der Waals surface area contributed by atoms with Crippen LogP contribution in [0.5, 0.6) is 0 Å². The average Bonchev–Trinajstić information content (AvgIpc) is 2.34. The van der Waals surface area contributed by atoms with Crippen molar-refractivity contribution in [3.63, 3.8) is 0 Å². The van der Waals surface area contributed by atoms with Gasteiger partial charge < -0.3 is 5.32 Å². The molecule has 1 fully saturated rings. The van der Waals surface area contributed by atoms with Gasteiger partial charge in [0.05, 0.1) is 0 Å². The number of halogens is 1. The zero-order chi connectivity index (χ0) is 13.0. The first kappa shape index (κ1) is 13.9. The molecule has 0 aliphatic heterocycles. The summed E-state index contributed by atoms with van der Waals surface area (Å²) < 4.78 is 0. The molecule has 0 atom stereocenters. The Kier molecular flexibility index (Phi) is 5.08. The van der Waals surface area contributed by atoms with Crippen LogP contribution >= 0.6 is 11.6 Å². The van der Waals surface area contributed by atoms with Crippen LogP contribution in [0, 0.1) is 18.8 Å². The SMILES string of the molecule is Cc1ccc(CNCC2CCC(C)CC2)c(Cl)c1. The largest absolute Gasteiger partial charge is 0.312 e. The maximum absolute atomic E-state index is 6.23. The van der Waals surface area contributed by atoms with E-state index in [0.29, 0.717) is 0 Å². The van der Waals surface area contributed by atoms with E-state index in [4.69, 9.17) is 11.6 Å². The molecule has 2 rings (SSSR count). The van der Waals surface area contributed by atoms with Gasteiger partial charge in [-0.1, -0.05) is 43.5 Å². The molecule has 0 heterocycles. The number of hydrogen-bond acceptors (Lipinski definition) is 1. The van der Waals surface area contributed by atoms with Gasteiger partial charge in [0.15, 0.2) is 0 Å². The zero-order valence-corrected chi connectivity index (χ0v) is 12.3. The average molecular weight is 266 g/mol. The van der Waals surface area contributed by atoms with Gasteiger partial charge in [0.2, 0.25) is 0 Å². The molecule has 1 aliphatic carbocycles. The summed E-state index contributed by atoms with van der Waals surface area (Å²) in [5, 5.41) is 4.45. The lowest BCUT2D eigenvalue weighted by Gasteiger charge is -2.26. The molecule has 1 nitrogen and oxygen atoms in total. The summed E-state index contributed by atoms with van der Waals surface area (Å²) in [5.74, 6) is 1.80. The minimum atomic E-state index is 0.866. The molecule has 2 heteroatoms. The molecule has 1 saturated carbocycles. The number of rotatable bonds is 4. The van der Waals surface area contributed by atoms with Crippen LogP contribution in [-0.4, -0.2) is 6.54 Å². The van der Waals surface area contributed by atoms with Crippen LogP contribution in [-0.2, 0) is 6.54 Å². The zero-order valence-electron chi connectivity index (χ0n) is 11.5. The van der Waals surface area contributed by atoms with Gasteiger partial charge in [0, 0.05) is 11.6 Å². The van der Waals surface area contributed by atoms with Crippen LogP contribution in [0.3, 0.4) is 0 Å². The topological polar surface area (TPSA) is 12.0 Å². The second-order valence-corrected chi connectivity index (χ2v) is 6.26. The van der Waals surface area contributed by atoms with E-state index in [-0.39, 0.29) is 0 Å². The molecule has 0 saturated heterocycles. The van der Waals surface area contributed by atoms with Crippen molar-refractivity contribution in [3.8, 4) is 0 Å². The van der Waals surface area contributed by atoms with Crippen molar-refractivity contribution in [2.75, 3.05) is 6.54 Å². The lowest BCUT2D eigenvalue weighted by Crippen LogP contribution is -2.25. The van der Waals surface area contributed by atoms with Gasteiger partial charge in [-0.05, 0) is 55.3 Å². The van der Waals surface area contributed by atoms with Crippen molar-refractivity contribution in [3.05, 3.63) is 34.3 Å². The molecule has 0 radical (unpaired) electrons. The molecular weight excluding hydrogens is 242 g/mol. The number of aryl methyl sites for hydroxylation is 1. The quantitative estimate of drug-likeness (QED) is 0.841. The Bertz CT molecular complexity index is 381. The van der Waals surface area contributed by atoms with Crippen LogP contribution < -0.4 is 5.32 Å². The number of hydrogen-bond donors (Lipinski definition) is 1. The van der Waals surface area contributed by atoms with E-state index in [0.717, 1.165) is 29.9 Å². The van der Waals surface area contributed by atoms with Crippen molar-refractivity contribution in [1.29, 1.82) is 0 Å². The molecular formula is C16H24ClN. The monoisotopic (exact) mass is 265 g/mol. The highest BCUT2D eigenvalue weighted by Gasteiger charge is 2.17. The molecule has 0 unspecified atom stereocenters. The van der Waals surface area contributed by atoms with Gasteiger partial charge in [0.1, 0.15) is 0 Å². The molecule has 0 amide bonds. The normalized spacial score (nSPS) is 24.2. The predicted molar refractivity (Wildman–Crippen MR) is 79.0 cm³/mol. The summed E-state index contributed by atoms with van der Waals surface area (Å²) in [6.45, 7) is 6.48. The lowest BCUT2D eigenvalue weighted by atomic mass is 9.83. The standard InChI is InChI=1S/C16H24ClN/c1-12-3-6-14(7-4-12)10-18-11-15-8-5-13(2)9-16(15)17/h5,8-9,12,14,18H,3-4,6-7,10-11H2,1-2H3. The van der Waals surface area contributed by atoms with Gasteiger partial charge in [-0.3, -0.25) is 0 Å². The second kappa shape index (κ2) is 6.58. The fraction of sp³-hybridized carbons (Fsp3) is 0.625. The Balaban J connectivity index is 1.75. The van der Waals surface area contributed by atoms with E-state index < -0.39 is 0 Å². The molecule has 0 aromatic heterocycles. The molecule has 1 aromatic carbocycles. The first-order valence-corrected chi connectivity index (χ1v) is 7.48. The van der Waals surface area contributed by atoms with Crippen LogP contribution in [0.15, 0.2) is 18.2 Å². The summed E-state index contributed by atoms with van der Waals surface area (Å²) in [6.07, 6.45) is 5.57. The van der Waals surface area contributed by atoms with Crippen LogP contribution in [0.1, 0.15) is 43.7 Å². The van der Waals surface area contributed by atoms with E-state index in [1.54, 1.807) is 0 Å². The predicted octanol–water partition coefficient (Wildman–Crippen LogP) is 4.56. The second-order valence-electron chi connectivity index (χ2n) is 5.85. The molecule has 1 aliphatic rings. The van der Waals surface area contributed by atoms with E-state index in [9.17, 15) is 0 Å². The summed E-state index contributed by atoms with van der Waals surface area (Å²) in [6, 6.07) is 6.31. The Morgan fingerprint density at radius 2 is 1.94 bits per heavy atom. The maximum atomic E-state index is 6.23. The molecule has 0 bridgehead atoms. The highest BCUT2D eigenvalue weighted by molar-refractivity contribution is 6.31. The Morgan fingerprint density at radius 3 is 2.61 bits per heavy atom. The maximum Gasteiger partial charge on any atom is 0.0453 e. The minimum Gasteiger partial charge on any atom is -0.312 e. The number of benzene rings is 1. The third-order valence-electron chi connectivity index (χ3n) is 4.09. The smallest absolute Gasteiger partial charge is 0.0453 e. The van der Waals surface area contributed by atoms with Crippen LogP contribution in [0.4, 0.5) is 0 Å². The van der Waals surface area contributed by atoms with Gasteiger partial charge in [-0.25, -0.2) is 0 Å². The Labute approximate surface area is 116 Å². The van der Waals surface area contributed by atoms with Gasteiger partial charge >= 0.3 is 0 Å². The first-order valence-electron chi connectivity index (χ1n) is 7.11. The fourth-order valence-electron chi connectivity index (χ4n) is 2.74. The summed E-state index contributed by atoms with van der Waals surface area (Å²) >= 11 is 6.23. The summed E-state index contributed by atoms with van der Waals surface area (Å²) in [7, 11) is 0. The van der Waals surface area contributed by atoms with Gasteiger partial charge in [-0.2, -0.15) is 0 Å². The highest BCUT2D eigenvalue weighted by atomic mass is 35.5. The molecule has 1 N–H and O–H groups in total. The molecule has 100 valence electrons. The van der Waals surface area contributed by atoms with Crippen molar-refractivity contribution >= 4 is 11.6 Å². The van der Waals surface area contributed by atoms with E-state index in [2.05, 4.69) is 31.3 Å². The molecule has 1 aromatic rings. The third kappa shape index (κ3) is 4.00. The fourth-order valence-corrected chi connectivity index (χ4v) is 3.04. The Morgan fingerprint density at radius 1 is 1.22 bits per heavy atom. The first-order chi connectivity index (χ1) is 8.65. The minimum absolute atomic E-state index is 0.866. The molecule has 18 heavy (non-hydrogen) atoms. The molecule has 0 spiro atoms. The van der Waals surface area contributed by atoms with Crippen molar-refractivity contribution < 1.29 is 0 Å². The van der Waals surface area contributed by atoms with E-state index in [1.165, 1.54) is 36.8 Å². The van der Waals surface area contributed by atoms with E-state index in [1.807, 2.05) is 6.07 Å². The van der Waals surface area contributed by atoms with E-state index >= 15 is 0 Å². The van der Waals surface area contributed by atoms with Crippen molar-refractivity contribution in [2.24, 2.45) is 11.8 Å². The van der Waals surface area contributed by atoms with Crippen molar-refractivity contribution in [1.82, 2.24) is 5.32 Å². The number of nitrogens with one attached hydrogen (secondary N) is 1. The summed E-state index contributed by atoms with van der Waals surface area (Å²) in [4.78, 5) is 0. The van der Waals surface area contributed by atoms with Crippen LogP contribution in [0.2, 0.25) is 5.02 Å². The van der Waals surface area contributed by atoms with Crippen LogP contribution in [0.25, 0.3) is 0 Å². The Hall–Kier alpha value is -0.530. The summed E-state index contributed by atoms with van der Waals surface area (Å²) in [5.41, 5.74) is 2.44.